The van der Waals surface area contributed by atoms with Gasteiger partial charge in [0.15, 0.2) is 15.9 Å². The summed E-state index contributed by atoms with van der Waals surface area (Å²) < 4.78 is 6.37. The van der Waals surface area contributed by atoms with Crippen molar-refractivity contribution in [3.63, 3.8) is 0 Å². The van der Waals surface area contributed by atoms with Gasteiger partial charge in [0.1, 0.15) is 5.58 Å². The number of anilines is 1. The maximum Gasteiger partial charge on any atom is 0.296 e. The molecule has 11 heteroatoms. The number of thioether (sulfide) groups is 1. The molecule has 7 nitrogen and oxygen atoms in total. The van der Waals surface area contributed by atoms with Crippen molar-refractivity contribution < 1.29 is 19.1 Å². The van der Waals surface area contributed by atoms with Crippen LogP contribution in [0.1, 0.15) is 27.7 Å². The number of amides is 1. The zero-order valence-corrected chi connectivity index (χ0v) is 23.0. The molecule has 3 aromatic carbocycles. The van der Waals surface area contributed by atoms with Gasteiger partial charge in [0.2, 0.25) is 10.9 Å². The number of fused-ring (bicyclic) bond motifs is 1. The van der Waals surface area contributed by atoms with Gasteiger partial charge in [-0.15, -0.1) is 10.2 Å². The molecular weight excluding hydrogens is 577 g/mol. The zero-order chi connectivity index (χ0) is 27.1. The molecule has 194 valence electrons. The van der Waals surface area contributed by atoms with E-state index >= 15 is 0 Å². The summed E-state index contributed by atoms with van der Waals surface area (Å²) in [6.45, 7) is 0. The van der Waals surface area contributed by atoms with Crippen molar-refractivity contribution in [3.8, 4) is 0 Å². The van der Waals surface area contributed by atoms with Gasteiger partial charge in [0.05, 0.1) is 11.6 Å². The second-order valence-corrected chi connectivity index (χ2v) is 11.6. The summed E-state index contributed by atoms with van der Waals surface area (Å²) in [4.78, 5) is 28.5. The molecule has 39 heavy (non-hydrogen) atoms. The second kappa shape index (κ2) is 10.5. The van der Waals surface area contributed by atoms with Crippen LogP contribution < -0.4 is 4.90 Å². The quantitative estimate of drug-likeness (QED) is 0.117. The number of carbonyl (C=O) groups is 2. The summed E-state index contributed by atoms with van der Waals surface area (Å²) in [7, 11) is 0. The minimum absolute atomic E-state index is 0.00711. The number of nitrogens with zero attached hydrogens (tertiary/aromatic N) is 3. The van der Waals surface area contributed by atoms with Crippen LogP contribution in [0, 0.1) is 0 Å². The molecule has 0 saturated carbocycles. The Hall–Kier alpha value is -3.63. The highest BCUT2D eigenvalue weighted by atomic mass is 35.5. The van der Waals surface area contributed by atoms with E-state index in [2.05, 4.69) is 10.2 Å². The summed E-state index contributed by atoms with van der Waals surface area (Å²) in [5.74, 6) is -1.49. The molecule has 0 bridgehead atoms. The van der Waals surface area contributed by atoms with E-state index in [-0.39, 0.29) is 16.5 Å². The lowest BCUT2D eigenvalue weighted by Crippen LogP contribution is -2.31. The minimum atomic E-state index is -0.994. The van der Waals surface area contributed by atoms with Crippen LogP contribution in [0.25, 0.3) is 11.0 Å². The average Bonchev–Trinajstić information content (AvgIpc) is 3.64. The van der Waals surface area contributed by atoms with E-state index in [9.17, 15) is 14.7 Å². The van der Waals surface area contributed by atoms with Gasteiger partial charge >= 0.3 is 0 Å². The number of aliphatic hydroxyl groups excluding tert-OH is 1. The third-order valence-corrected chi connectivity index (χ3v) is 8.89. The fourth-order valence-corrected chi connectivity index (χ4v) is 6.72. The van der Waals surface area contributed by atoms with Gasteiger partial charge in [0, 0.05) is 21.2 Å². The first-order chi connectivity index (χ1) is 18.9. The van der Waals surface area contributed by atoms with Crippen molar-refractivity contribution in [1.82, 2.24) is 10.2 Å². The number of para-hydroxylation sites is 1. The second-order valence-electron chi connectivity index (χ2n) is 8.60. The highest BCUT2D eigenvalue weighted by Crippen LogP contribution is 2.44. The van der Waals surface area contributed by atoms with E-state index in [4.69, 9.17) is 27.6 Å². The standard InChI is InChI=1S/C28H17Cl2N3O4S2/c29-18-9-5-8-16(12-18)23-22(24(34)21-13-15-6-2-4-11-20(15)37-21)25(35)26(36)33(23)27-31-32-28(39-27)38-14-17-7-1-3-10-19(17)30/h1-13,23,35H,14H2. The van der Waals surface area contributed by atoms with Crippen LogP contribution in [0.5, 0.6) is 0 Å². The Bertz CT molecular complexity index is 1750. The number of Topliss-reactive ketones (excluding diaryl/α,β-unsaturated/α-hetero) is 1. The SMILES string of the molecule is O=C(C1=C(O)C(=O)N(c2nnc(SCc3ccccc3Cl)s2)C1c1cccc(Cl)c1)c1cc2ccccc2o1. The fraction of sp³-hybridized carbons (Fsp3) is 0.0714. The zero-order valence-electron chi connectivity index (χ0n) is 19.9. The van der Waals surface area contributed by atoms with Crippen LogP contribution >= 0.6 is 46.3 Å². The molecule has 1 aliphatic rings. The van der Waals surface area contributed by atoms with Crippen molar-refractivity contribution in [2.45, 2.75) is 16.1 Å². The summed E-state index contributed by atoms with van der Waals surface area (Å²) in [5.41, 5.74) is 1.86. The first-order valence-corrected chi connectivity index (χ1v) is 14.2. The van der Waals surface area contributed by atoms with E-state index in [1.54, 1.807) is 42.5 Å². The first-order valence-electron chi connectivity index (χ1n) is 11.7. The predicted octanol–water partition coefficient (Wildman–Crippen LogP) is 7.67. The predicted molar refractivity (Wildman–Crippen MR) is 153 cm³/mol. The Balaban J connectivity index is 1.37. The lowest BCUT2D eigenvalue weighted by atomic mass is 9.95. The summed E-state index contributed by atoms with van der Waals surface area (Å²) in [6, 6.07) is 22.1. The molecule has 0 aliphatic carbocycles. The van der Waals surface area contributed by atoms with Crippen LogP contribution in [-0.2, 0) is 10.5 Å². The summed E-state index contributed by atoms with van der Waals surface area (Å²) in [6.07, 6.45) is 0. The van der Waals surface area contributed by atoms with E-state index in [0.717, 1.165) is 10.9 Å². The van der Waals surface area contributed by atoms with Crippen LogP contribution in [-0.4, -0.2) is 27.0 Å². The maximum absolute atomic E-state index is 13.7. The molecule has 2 aromatic heterocycles. The Morgan fingerprint density at radius 1 is 1.03 bits per heavy atom. The number of rotatable bonds is 7. The third kappa shape index (κ3) is 4.83. The van der Waals surface area contributed by atoms with Gasteiger partial charge in [-0.2, -0.15) is 0 Å². The van der Waals surface area contributed by atoms with Crippen molar-refractivity contribution >= 4 is 74.1 Å². The van der Waals surface area contributed by atoms with E-state index in [0.29, 0.717) is 31.3 Å². The van der Waals surface area contributed by atoms with Crippen LogP contribution in [0.15, 0.2) is 99.0 Å². The van der Waals surface area contributed by atoms with Crippen molar-refractivity contribution in [2.75, 3.05) is 4.90 Å². The van der Waals surface area contributed by atoms with Crippen molar-refractivity contribution in [3.05, 3.63) is 117 Å². The van der Waals surface area contributed by atoms with Gasteiger partial charge in [0.25, 0.3) is 5.91 Å². The van der Waals surface area contributed by atoms with Gasteiger partial charge in [-0.3, -0.25) is 14.5 Å². The highest BCUT2D eigenvalue weighted by Gasteiger charge is 2.46. The molecule has 5 aromatic rings. The first kappa shape index (κ1) is 25.6. The van der Waals surface area contributed by atoms with Gasteiger partial charge in [-0.25, -0.2) is 0 Å². The summed E-state index contributed by atoms with van der Waals surface area (Å²) >= 11 is 15.1. The monoisotopic (exact) mass is 593 g/mol. The molecule has 0 fully saturated rings. The minimum Gasteiger partial charge on any atom is -0.503 e. The van der Waals surface area contributed by atoms with Crippen molar-refractivity contribution in [1.29, 1.82) is 0 Å². The average molecular weight is 595 g/mol. The molecule has 0 saturated heterocycles. The number of hydrogen-bond acceptors (Lipinski definition) is 8. The van der Waals surface area contributed by atoms with Crippen LogP contribution in [0.4, 0.5) is 5.13 Å². The molecule has 6 rings (SSSR count). The number of furan rings is 1. The smallest absolute Gasteiger partial charge is 0.296 e. The number of ketones is 1. The number of aromatic nitrogens is 2. The Morgan fingerprint density at radius 3 is 2.62 bits per heavy atom. The number of halogens is 2. The van der Waals surface area contributed by atoms with Gasteiger partial charge < -0.3 is 9.52 Å². The normalized spacial score (nSPS) is 15.5. The highest BCUT2D eigenvalue weighted by molar-refractivity contribution is 8.00. The van der Waals surface area contributed by atoms with Crippen molar-refractivity contribution in [2.24, 2.45) is 0 Å². The number of benzene rings is 3. The molecule has 3 heterocycles. The fourth-order valence-electron chi connectivity index (χ4n) is 4.37. The lowest BCUT2D eigenvalue weighted by molar-refractivity contribution is -0.117. The molecule has 0 spiro atoms. The third-order valence-electron chi connectivity index (χ3n) is 6.18. The number of carbonyl (C=O) groups excluding carboxylic acids is 2. The van der Waals surface area contributed by atoms with Gasteiger partial charge in [-0.05, 0) is 41.5 Å². The van der Waals surface area contributed by atoms with Crippen LogP contribution in [0.3, 0.4) is 0 Å². The molecule has 1 N–H and O–H groups in total. The summed E-state index contributed by atoms with van der Waals surface area (Å²) in [5, 5.41) is 21.5. The van der Waals surface area contributed by atoms with E-state index in [1.165, 1.54) is 28.0 Å². The largest absolute Gasteiger partial charge is 0.503 e. The molecule has 1 aliphatic heterocycles. The number of hydrogen-bond donors (Lipinski definition) is 1. The topological polar surface area (TPSA) is 96.5 Å². The maximum atomic E-state index is 13.7. The molecule has 1 amide bonds. The number of aliphatic hydroxyl groups is 1. The Kier molecular flexibility index (Phi) is 6.90. The Labute approximate surface area is 240 Å². The van der Waals surface area contributed by atoms with E-state index < -0.39 is 23.5 Å². The van der Waals surface area contributed by atoms with Crippen LogP contribution in [0.2, 0.25) is 10.0 Å². The molecule has 0 radical (unpaired) electrons. The molecule has 1 unspecified atom stereocenters. The lowest BCUT2D eigenvalue weighted by Gasteiger charge is -2.23. The molecular formula is C28H17Cl2N3O4S2. The Morgan fingerprint density at radius 2 is 1.82 bits per heavy atom. The molecule has 1 atom stereocenters. The van der Waals surface area contributed by atoms with Gasteiger partial charge in [-0.1, -0.05) is 94.8 Å². The van der Waals surface area contributed by atoms with E-state index in [1.807, 2.05) is 36.4 Å².